The van der Waals surface area contributed by atoms with Crippen molar-refractivity contribution in [3.8, 4) is 0 Å². The second-order valence-electron chi connectivity index (χ2n) is 15.6. The number of unbranched alkanes of at least 4 members (excludes halogenated alkanes) is 30. The molecule has 0 saturated heterocycles. The Balaban J connectivity index is 3.61. The van der Waals surface area contributed by atoms with Crippen LogP contribution in [0, 0.1) is 0 Å². The second-order valence-corrected chi connectivity index (χ2v) is 15.6. The number of nitrogens with one attached hydrogen (secondary N) is 1. The molecule has 0 aliphatic heterocycles. The van der Waals surface area contributed by atoms with E-state index in [2.05, 4.69) is 43.5 Å². The maximum absolute atomic E-state index is 12.5. The van der Waals surface area contributed by atoms with Gasteiger partial charge in [-0.05, 0) is 38.5 Å². The van der Waals surface area contributed by atoms with Gasteiger partial charge in [0.1, 0.15) is 6.10 Å². The highest BCUT2D eigenvalue weighted by Crippen LogP contribution is 2.16. The van der Waals surface area contributed by atoms with Crippen molar-refractivity contribution < 1.29 is 20.1 Å². The minimum atomic E-state index is -1.08. The molecule has 3 atom stereocenters. The SMILES string of the molecule is CCCCC/C=C\C=C/CCCCCCCCCCCC(O)C(=O)NC(CO)C(O)CCCCCCCCCCCCCCCCCCCCC. The Hall–Kier alpha value is -1.17. The Kier molecular flexibility index (Phi) is 40.6. The van der Waals surface area contributed by atoms with Crippen molar-refractivity contribution in [3.63, 3.8) is 0 Å². The summed E-state index contributed by atoms with van der Waals surface area (Å²) in [6.07, 6.45) is 50.3. The summed E-state index contributed by atoms with van der Waals surface area (Å²) in [5.74, 6) is -0.473. The first-order chi connectivity index (χ1) is 25.1. The van der Waals surface area contributed by atoms with Crippen LogP contribution >= 0.6 is 0 Å². The molecule has 1 amide bonds. The lowest BCUT2D eigenvalue weighted by Crippen LogP contribution is -2.49. The lowest BCUT2D eigenvalue weighted by atomic mass is 10.0. The van der Waals surface area contributed by atoms with E-state index in [0.29, 0.717) is 12.8 Å². The number of hydrogen-bond donors (Lipinski definition) is 4. The molecule has 5 heteroatoms. The molecular formula is C46H89NO4. The molecule has 0 aliphatic rings. The molecule has 302 valence electrons. The van der Waals surface area contributed by atoms with E-state index in [1.165, 1.54) is 180 Å². The van der Waals surface area contributed by atoms with Crippen LogP contribution in [0.3, 0.4) is 0 Å². The topological polar surface area (TPSA) is 89.8 Å². The van der Waals surface area contributed by atoms with Crippen molar-refractivity contribution in [2.75, 3.05) is 6.61 Å². The molecule has 4 N–H and O–H groups in total. The smallest absolute Gasteiger partial charge is 0.249 e. The van der Waals surface area contributed by atoms with Gasteiger partial charge in [-0.2, -0.15) is 0 Å². The number of allylic oxidation sites excluding steroid dienone is 4. The largest absolute Gasteiger partial charge is 0.394 e. The van der Waals surface area contributed by atoms with Gasteiger partial charge in [0, 0.05) is 0 Å². The van der Waals surface area contributed by atoms with Crippen molar-refractivity contribution in [1.82, 2.24) is 5.32 Å². The number of hydrogen-bond acceptors (Lipinski definition) is 4. The Morgan fingerprint density at radius 1 is 0.471 bits per heavy atom. The van der Waals surface area contributed by atoms with E-state index in [9.17, 15) is 20.1 Å². The Morgan fingerprint density at radius 2 is 0.784 bits per heavy atom. The third-order valence-corrected chi connectivity index (χ3v) is 10.6. The van der Waals surface area contributed by atoms with Gasteiger partial charge < -0.3 is 20.6 Å². The van der Waals surface area contributed by atoms with Gasteiger partial charge in [0.25, 0.3) is 0 Å². The monoisotopic (exact) mass is 720 g/mol. The van der Waals surface area contributed by atoms with Gasteiger partial charge in [0.15, 0.2) is 0 Å². The number of aliphatic hydroxyl groups is 3. The highest BCUT2D eigenvalue weighted by Gasteiger charge is 2.23. The van der Waals surface area contributed by atoms with Gasteiger partial charge in [0.05, 0.1) is 18.8 Å². The lowest BCUT2D eigenvalue weighted by molar-refractivity contribution is -0.131. The van der Waals surface area contributed by atoms with Gasteiger partial charge in [-0.25, -0.2) is 0 Å². The fourth-order valence-corrected chi connectivity index (χ4v) is 7.01. The first-order valence-electron chi connectivity index (χ1n) is 22.7. The maximum Gasteiger partial charge on any atom is 0.249 e. The summed E-state index contributed by atoms with van der Waals surface area (Å²) in [7, 11) is 0. The number of carbonyl (C=O) groups is 1. The quantitative estimate of drug-likeness (QED) is 0.0374. The molecular weight excluding hydrogens is 631 g/mol. The summed E-state index contributed by atoms with van der Waals surface area (Å²) in [5.41, 5.74) is 0. The fraction of sp³-hybridized carbons (Fsp3) is 0.891. The van der Waals surface area contributed by atoms with Crippen molar-refractivity contribution in [2.24, 2.45) is 0 Å². The normalized spacial score (nSPS) is 13.7. The van der Waals surface area contributed by atoms with Crippen LogP contribution < -0.4 is 5.32 Å². The van der Waals surface area contributed by atoms with Gasteiger partial charge in [-0.1, -0.05) is 224 Å². The Morgan fingerprint density at radius 3 is 1.18 bits per heavy atom. The molecule has 0 aliphatic carbocycles. The van der Waals surface area contributed by atoms with Gasteiger partial charge in [0.2, 0.25) is 5.91 Å². The van der Waals surface area contributed by atoms with Crippen LogP contribution in [0.4, 0.5) is 0 Å². The molecule has 0 radical (unpaired) electrons. The maximum atomic E-state index is 12.5. The van der Waals surface area contributed by atoms with E-state index in [1.54, 1.807) is 0 Å². The minimum absolute atomic E-state index is 0.314. The molecule has 0 saturated carbocycles. The average Bonchev–Trinajstić information content (AvgIpc) is 3.13. The Labute approximate surface area is 318 Å². The van der Waals surface area contributed by atoms with Gasteiger partial charge in [-0.15, -0.1) is 0 Å². The standard InChI is InChI=1S/C46H89NO4/c1-3-5-7-9-11-13-15-17-19-21-23-25-26-28-30-32-34-36-38-40-44(49)43(42-48)47-46(51)45(50)41-39-37-35-33-31-29-27-24-22-20-18-16-14-12-10-8-6-4-2/h12,14,16,18,43-45,48-50H,3-11,13,15,17,19-42H2,1-2H3,(H,47,51)/b14-12-,18-16-. The van der Waals surface area contributed by atoms with E-state index in [-0.39, 0.29) is 6.61 Å². The van der Waals surface area contributed by atoms with Crippen molar-refractivity contribution in [2.45, 2.75) is 257 Å². The summed E-state index contributed by atoms with van der Waals surface area (Å²) >= 11 is 0. The van der Waals surface area contributed by atoms with Crippen LogP contribution in [0.2, 0.25) is 0 Å². The molecule has 0 heterocycles. The molecule has 0 aromatic heterocycles. The Bertz CT molecular complexity index is 754. The summed E-state index contributed by atoms with van der Waals surface area (Å²) in [4.78, 5) is 12.5. The van der Waals surface area contributed by atoms with E-state index >= 15 is 0 Å². The summed E-state index contributed by atoms with van der Waals surface area (Å²) in [5, 5.41) is 33.4. The highest BCUT2D eigenvalue weighted by atomic mass is 16.3. The van der Waals surface area contributed by atoms with Crippen LogP contribution in [0.1, 0.15) is 239 Å². The molecule has 5 nitrogen and oxygen atoms in total. The predicted octanol–water partition coefficient (Wildman–Crippen LogP) is 13.0. The van der Waals surface area contributed by atoms with Crippen LogP contribution in [0.15, 0.2) is 24.3 Å². The van der Waals surface area contributed by atoms with Gasteiger partial charge in [-0.3, -0.25) is 4.79 Å². The summed E-state index contributed by atoms with van der Waals surface area (Å²) in [6, 6.07) is -0.712. The van der Waals surface area contributed by atoms with E-state index < -0.39 is 24.2 Å². The van der Waals surface area contributed by atoms with Crippen molar-refractivity contribution in [1.29, 1.82) is 0 Å². The van der Waals surface area contributed by atoms with E-state index in [4.69, 9.17) is 0 Å². The van der Waals surface area contributed by atoms with Crippen LogP contribution in [-0.4, -0.2) is 46.1 Å². The zero-order chi connectivity index (χ0) is 37.3. The van der Waals surface area contributed by atoms with Crippen LogP contribution in [0.25, 0.3) is 0 Å². The molecule has 0 aromatic carbocycles. The van der Waals surface area contributed by atoms with Crippen molar-refractivity contribution in [3.05, 3.63) is 24.3 Å². The molecule has 0 fully saturated rings. The zero-order valence-electron chi connectivity index (χ0n) is 34.2. The molecule has 0 bridgehead atoms. The zero-order valence-corrected chi connectivity index (χ0v) is 34.2. The summed E-state index contributed by atoms with van der Waals surface area (Å²) in [6.45, 7) is 4.21. The van der Waals surface area contributed by atoms with E-state index in [0.717, 1.165) is 32.1 Å². The minimum Gasteiger partial charge on any atom is -0.394 e. The molecule has 51 heavy (non-hydrogen) atoms. The first-order valence-corrected chi connectivity index (χ1v) is 22.7. The third-order valence-electron chi connectivity index (χ3n) is 10.6. The van der Waals surface area contributed by atoms with Crippen LogP contribution in [-0.2, 0) is 4.79 Å². The average molecular weight is 720 g/mol. The first kappa shape index (κ1) is 49.8. The molecule has 3 unspecified atom stereocenters. The summed E-state index contributed by atoms with van der Waals surface area (Å²) < 4.78 is 0. The van der Waals surface area contributed by atoms with Crippen molar-refractivity contribution >= 4 is 5.91 Å². The number of carbonyl (C=O) groups excluding carboxylic acids is 1. The van der Waals surface area contributed by atoms with Gasteiger partial charge >= 0.3 is 0 Å². The second kappa shape index (κ2) is 41.6. The lowest BCUT2D eigenvalue weighted by Gasteiger charge is -2.23. The van der Waals surface area contributed by atoms with Crippen LogP contribution in [0.5, 0.6) is 0 Å². The van der Waals surface area contributed by atoms with E-state index in [1.807, 2.05) is 0 Å². The number of rotatable bonds is 41. The third kappa shape index (κ3) is 37.0. The molecule has 0 spiro atoms. The molecule has 0 rings (SSSR count). The number of amides is 1. The fourth-order valence-electron chi connectivity index (χ4n) is 7.01. The highest BCUT2D eigenvalue weighted by molar-refractivity contribution is 5.80. The predicted molar refractivity (Wildman–Crippen MR) is 222 cm³/mol. The molecule has 0 aromatic rings. The number of aliphatic hydroxyl groups excluding tert-OH is 3.